The number of carboxylic acids is 1. The number of aliphatic carboxylic acids is 1. The average molecular weight is 152 g/mol. The van der Waals surface area contributed by atoms with Crippen LogP contribution in [0.4, 0.5) is 0 Å². The van der Waals surface area contributed by atoms with Crippen LogP contribution in [0.5, 0.6) is 0 Å². The molecule has 0 aliphatic carbocycles. The van der Waals surface area contributed by atoms with Gasteiger partial charge in [0.05, 0.1) is 6.26 Å². The monoisotopic (exact) mass is 152 g/mol. The zero-order valence-electron chi connectivity index (χ0n) is 6.07. The molecule has 0 aromatic rings. The van der Waals surface area contributed by atoms with Crippen LogP contribution in [0, 0.1) is 0 Å². The largest absolute Gasteiger partial charge is 0.475 e. The predicted molar refractivity (Wildman–Crippen MR) is 39.7 cm³/mol. The van der Waals surface area contributed by atoms with Crippen LogP contribution in [0.15, 0.2) is 35.8 Å². The van der Waals surface area contributed by atoms with Gasteiger partial charge in [0.1, 0.15) is 0 Å². The van der Waals surface area contributed by atoms with Gasteiger partial charge in [0.2, 0.25) is 5.76 Å². The van der Waals surface area contributed by atoms with Crippen molar-refractivity contribution < 1.29 is 14.6 Å². The second-order valence-corrected chi connectivity index (χ2v) is 2.12. The molecule has 11 heavy (non-hydrogen) atoms. The molecule has 1 heterocycles. The highest BCUT2D eigenvalue weighted by Gasteiger charge is 2.10. The van der Waals surface area contributed by atoms with Crippen molar-refractivity contribution in [2.45, 2.75) is 6.92 Å². The van der Waals surface area contributed by atoms with Crippen LogP contribution in [-0.4, -0.2) is 11.1 Å². The predicted octanol–water partition coefficient (Wildman–Crippen LogP) is 1.45. The summed E-state index contributed by atoms with van der Waals surface area (Å²) in [7, 11) is 0. The van der Waals surface area contributed by atoms with E-state index in [4.69, 9.17) is 9.84 Å². The van der Waals surface area contributed by atoms with Gasteiger partial charge in [-0.15, -0.1) is 0 Å². The number of ether oxygens (including phenoxy) is 1. The molecule has 0 spiro atoms. The Morgan fingerprint density at radius 3 is 2.91 bits per heavy atom. The molecule has 3 nitrogen and oxygen atoms in total. The molecule has 1 N–H and O–H groups in total. The SMILES string of the molecule is CC1=C(C(=O)O)OC=CC=C1. The summed E-state index contributed by atoms with van der Waals surface area (Å²) in [5, 5.41) is 8.58. The van der Waals surface area contributed by atoms with E-state index in [1.54, 1.807) is 25.2 Å². The fourth-order valence-corrected chi connectivity index (χ4v) is 0.740. The van der Waals surface area contributed by atoms with E-state index < -0.39 is 5.97 Å². The normalized spacial score (nSPS) is 16.1. The molecule has 0 unspecified atom stereocenters. The van der Waals surface area contributed by atoms with Gasteiger partial charge in [0.25, 0.3) is 0 Å². The van der Waals surface area contributed by atoms with Crippen molar-refractivity contribution in [3.05, 3.63) is 35.8 Å². The summed E-state index contributed by atoms with van der Waals surface area (Å²) in [5.74, 6) is -1.06. The lowest BCUT2D eigenvalue weighted by Gasteiger charge is -2.00. The van der Waals surface area contributed by atoms with Crippen molar-refractivity contribution in [3.8, 4) is 0 Å². The molecule has 3 heteroatoms. The number of rotatable bonds is 1. The maximum atomic E-state index is 10.5. The molecule has 0 saturated heterocycles. The Balaban J connectivity index is 2.98. The van der Waals surface area contributed by atoms with Gasteiger partial charge < -0.3 is 9.84 Å². The van der Waals surface area contributed by atoms with Gasteiger partial charge in [0, 0.05) is 0 Å². The van der Waals surface area contributed by atoms with E-state index in [-0.39, 0.29) is 5.76 Å². The van der Waals surface area contributed by atoms with Gasteiger partial charge in [-0.1, -0.05) is 12.2 Å². The Bertz CT molecular complexity index is 259. The van der Waals surface area contributed by atoms with E-state index in [0.29, 0.717) is 5.57 Å². The Morgan fingerprint density at radius 2 is 2.27 bits per heavy atom. The summed E-state index contributed by atoms with van der Waals surface area (Å²) < 4.78 is 4.81. The third-order valence-corrected chi connectivity index (χ3v) is 1.27. The number of allylic oxidation sites excluding steroid dienone is 4. The maximum Gasteiger partial charge on any atom is 0.372 e. The first kappa shape index (κ1) is 7.60. The van der Waals surface area contributed by atoms with E-state index in [1.165, 1.54) is 6.26 Å². The molecule has 0 atom stereocenters. The Morgan fingerprint density at radius 1 is 1.55 bits per heavy atom. The van der Waals surface area contributed by atoms with Gasteiger partial charge in [-0.05, 0) is 18.6 Å². The van der Waals surface area contributed by atoms with Crippen LogP contribution >= 0.6 is 0 Å². The highest BCUT2D eigenvalue weighted by molar-refractivity contribution is 5.86. The summed E-state index contributed by atoms with van der Waals surface area (Å²) in [4.78, 5) is 10.5. The first-order valence-electron chi connectivity index (χ1n) is 3.16. The van der Waals surface area contributed by atoms with Gasteiger partial charge in [0.15, 0.2) is 0 Å². The summed E-state index contributed by atoms with van der Waals surface area (Å²) in [6.07, 6.45) is 6.40. The van der Waals surface area contributed by atoms with Crippen LogP contribution in [0.25, 0.3) is 0 Å². The molecule has 1 aliphatic heterocycles. The summed E-state index contributed by atoms with van der Waals surface area (Å²) in [5.41, 5.74) is 0.613. The zero-order chi connectivity index (χ0) is 8.27. The molecule has 58 valence electrons. The fourth-order valence-electron chi connectivity index (χ4n) is 0.740. The third kappa shape index (κ3) is 1.70. The number of carbonyl (C=O) groups is 1. The lowest BCUT2D eigenvalue weighted by atomic mass is 10.2. The minimum atomic E-state index is -1.04. The minimum absolute atomic E-state index is 0.0185. The standard InChI is InChI=1S/C8H8O3/c1-6-4-2-3-5-11-7(6)8(9)10/h2-5H,1H3,(H,9,10). The molecule has 0 amide bonds. The van der Waals surface area contributed by atoms with Crippen LogP contribution in [0.1, 0.15) is 6.92 Å². The Labute approximate surface area is 64.3 Å². The zero-order valence-corrected chi connectivity index (χ0v) is 6.07. The topological polar surface area (TPSA) is 46.5 Å². The van der Waals surface area contributed by atoms with E-state index in [0.717, 1.165) is 0 Å². The molecule has 1 rings (SSSR count). The van der Waals surface area contributed by atoms with E-state index in [2.05, 4.69) is 0 Å². The number of hydrogen-bond donors (Lipinski definition) is 1. The van der Waals surface area contributed by atoms with Gasteiger partial charge in [-0.3, -0.25) is 0 Å². The second kappa shape index (κ2) is 3.05. The van der Waals surface area contributed by atoms with Crippen molar-refractivity contribution in [1.82, 2.24) is 0 Å². The van der Waals surface area contributed by atoms with Crippen LogP contribution in [0.2, 0.25) is 0 Å². The van der Waals surface area contributed by atoms with Crippen LogP contribution < -0.4 is 0 Å². The van der Waals surface area contributed by atoms with Crippen molar-refractivity contribution in [2.24, 2.45) is 0 Å². The van der Waals surface area contributed by atoms with Gasteiger partial charge in [-0.2, -0.15) is 0 Å². The van der Waals surface area contributed by atoms with Crippen LogP contribution in [-0.2, 0) is 9.53 Å². The second-order valence-electron chi connectivity index (χ2n) is 2.12. The molecule has 0 bridgehead atoms. The quantitative estimate of drug-likeness (QED) is 0.618. The van der Waals surface area contributed by atoms with Crippen molar-refractivity contribution in [1.29, 1.82) is 0 Å². The van der Waals surface area contributed by atoms with Gasteiger partial charge >= 0.3 is 5.97 Å². The Kier molecular flexibility index (Phi) is 2.11. The first-order valence-corrected chi connectivity index (χ1v) is 3.16. The molecule has 0 radical (unpaired) electrons. The highest BCUT2D eigenvalue weighted by Crippen LogP contribution is 2.11. The molecule has 1 aliphatic rings. The number of carboxylic acid groups (broad SMARTS) is 1. The molecular formula is C8H8O3. The van der Waals surface area contributed by atoms with Crippen molar-refractivity contribution in [3.63, 3.8) is 0 Å². The number of hydrogen-bond acceptors (Lipinski definition) is 2. The fraction of sp³-hybridized carbons (Fsp3) is 0.125. The molecule has 0 fully saturated rings. The van der Waals surface area contributed by atoms with E-state index in [1.807, 2.05) is 0 Å². The molecular weight excluding hydrogens is 144 g/mol. The summed E-state index contributed by atoms with van der Waals surface area (Å²) >= 11 is 0. The third-order valence-electron chi connectivity index (χ3n) is 1.27. The lowest BCUT2D eigenvalue weighted by Crippen LogP contribution is -2.03. The lowest BCUT2D eigenvalue weighted by molar-refractivity contribution is -0.135. The Hall–Kier alpha value is -1.51. The van der Waals surface area contributed by atoms with Crippen molar-refractivity contribution in [2.75, 3.05) is 0 Å². The minimum Gasteiger partial charge on any atom is -0.475 e. The van der Waals surface area contributed by atoms with Gasteiger partial charge in [-0.25, -0.2) is 4.79 Å². The average Bonchev–Trinajstić information content (AvgIpc) is 2.13. The summed E-state index contributed by atoms with van der Waals surface area (Å²) in [6.45, 7) is 1.69. The van der Waals surface area contributed by atoms with E-state index in [9.17, 15) is 4.79 Å². The first-order chi connectivity index (χ1) is 5.22. The molecule has 0 aromatic carbocycles. The van der Waals surface area contributed by atoms with E-state index >= 15 is 0 Å². The molecule has 0 aromatic heterocycles. The smallest absolute Gasteiger partial charge is 0.372 e. The van der Waals surface area contributed by atoms with Crippen molar-refractivity contribution >= 4 is 5.97 Å². The maximum absolute atomic E-state index is 10.5. The molecule has 0 saturated carbocycles. The summed E-state index contributed by atoms with van der Waals surface area (Å²) in [6, 6.07) is 0. The van der Waals surface area contributed by atoms with Crippen LogP contribution in [0.3, 0.4) is 0 Å². The highest BCUT2D eigenvalue weighted by atomic mass is 16.5.